The second-order valence-corrected chi connectivity index (χ2v) is 11.4. The number of nitrogens with zero attached hydrogens (tertiary/aromatic N) is 3. The predicted octanol–water partition coefficient (Wildman–Crippen LogP) is 3.05. The fourth-order valence-corrected chi connectivity index (χ4v) is 6.20. The summed E-state index contributed by atoms with van der Waals surface area (Å²) in [6.07, 6.45) is 4.81. The summed E-state index contributed by atoms with van der Waals surface area (Å²) in [7, 11) is -3.55. The fraction of sp³-hybridized carbons (Fsp3) is 0.500. The van der Waals surface area contributed by atoms with Gasteiger partial charge < -0.3 is 10.2 Å². The highest BCUT2D eigenvalue weighted by Gasteiger charge is 2.31. The molecular formula is C22H28N4O4S2. The minimum Gasteiger partial charge on any atom is -0.338 e. The first-order chi connectivity index (χ1) is 15.3. The number of likely N-dealkylation sites (tertiary alicyclic amines) is 1. The normalized spacial score (nSPS) is 20.8. The molecule has 0 aliphatic carbocycles. The summed E-state index contributed by atoms with van der Waals surface area (Å²) in [6, 6.07) is 6.16. The second kappa shape index (κ2) is 9.68. The quantitative estimate of drug-likeness (QED) is 0.715. The van der Waals surface area contributed by atoms with Crippen LogP contribution in [-0.4, -0.2) is 60.6 Å². The van der Waals surface area contributed by atoms with Gasteiger partial charge in [0.05, 0.1) is 10.8 Å². The molecule has 172 valence electrons. The Hall–Kier alpha value is -2.30. The van der Waals surface area contributed by atoms with Gasteiger partial charge in [0.2, 0.25) is 15.9 Å². The van der Waals surface area contributed by atoms with E-state index in [4.69, 9.17) is 0 Å². The average molecular weight is 477 g/mol. The van der Waals surface area contributed by atoms with E-state index in [9.17, 15) is 18.0 Å². The summed E-state index contributed by atoms with van der Waals surface area (Å²) in [5.74, 6) is -0.0709. The van der Waals surface area contributed by atoms with Crippen LogP contribution in [-0.2, 0) is 14.8 Å². The molecule has 1 aromatic heterocycles. The molecule has 1 N–H and O–H groups in total. The lowest BCUT2D eigenvalue weighted by Crippen LogP contribution is -2.43. The van der Waals surface area contributed by atoms with E-state index in [0.29, 0.717) is 49.2 Å². The van der Waals surface area contributed by atoms with Gasteiger partial charge in [0.15, 0.2) is 5.13 Å². The van der Waals surface area contributed by atoms with E-state index in [2.05, 4.69) is 17.2 Å². The van der Waals surface area contributed by atoms with Crippen LogP contribution in [0.4, 0.5) is 5.13 Å². The summed E-state index contributed by atoms with van der Waals surface area (Å²) in [5.41, 5.74) is 0.428. The van der Waals surface area contributed by atoms with Crippen LogP contribution in [0.1, 0.15) is 43.0 Å². The van der Waals surface area contributed by atoms with Crippen molar-refractivity contribution in [1.29, 1.82) is 0 Å². The molecular weight excluding hydrogens is 448 g/mol. The minimum absolute atomic E-state index is 0.130. The molecule has 32 heavy (non-hydrogen) atoms. The monoisotopic (exact) mass is 476 g/mol. The van der Waals surface area contributed by atoms with Crippen molar-refractivity contribution in [2.45, 2.75) is 37.5 Å². The molecule has 1 aromatic carbocycles. The third kappa shape index (κ3) is 5.02. The van der Waals surface area contributed by atoms with Crippen LogP contribution in [0.3, 0.4) is 0 Å². The van der Waals surface area contributed by atoms with Gasteiger partial charge in [-0.3, -0.25) is 9.59 Å². The Kier molecular flexibility index (Phi) is 6.92. The van der Waals surface area contributed by atoms with Gasteiger partial charge in [-0.05, 0) is 55.9 Å². The minimum atomic E-state index is -3.55. The first-order valence-corrected chi connectivity index (χ1v) is 13.3. The van der Waals surface area contributed by atoms with Gasteiger partial charge in [-0.25, -0.2) is 13.4 Å². The number of hydrogen-bond donors (Lipinski definition) is 1. The number of amides is 2. The van der Waals surface area contributed by atoms with Crippen molar-refractivity contribution in [2.75, 3.05) is 31.5 Å². The molecule has 1 atom stereocenters. The maximum Gasteiger partial charge on any atom is 0.253 e. The van der Waals surface area contributed by atoms with Gasteiger partial charge >= 0.3 is 0 Å². The highest BCUT2D eigenvalue weighted by Crippen LogP contribution is 2.25. The zero-order valence-corrected chi connectivity index (χ0v) is 19.7. The van der Waals surface area contributed by atoms with Crippen LogP contribution in [0.25, 0.3) is 0 Å². The molecule has 2 aromatic rings. The van der Waals surface area contributed by atoms with E-state index in [0.717, 1.165) is 19.3 Å². The van der Waals surface area contributed by atoms with Crippen molar-refractivity contribution in [1.82, 2.24) is 14.2 Å². The van der Waals surface area contributed by atoms with Gasteiger partial charge in [-0.15, -0.1) is 11.3 Å². The Bertz CT molecular complexity index is 1050. The molecule has 8 nitrogen and oxygen atoms in total. The molecule has 10 heteroatoms. The van der Waals surface area contributed by atoms with Gasteiger partial charge in [0.1, 0.15) is 0 Å². The number of thiazole rings is 1. The Balaban J connectivity index is 1.40. The molecule has 0 saturated carbocycles. The molecule has 0 radical (unpaired) electrons. The summed E-state index contributed by atoms with van der Waals surface area (Å²) in [5, 5.41) is 5.16. The van der Waals surface area contributed by atoms with Crippen LogP contribution in [0, 0.1) is 11.8 Å². The largest absolute Gasteiger partial charge is 0.338 e. The van der Waals surface area contributed by atoms with Crippen LogP contribution in [0.15, 0.2) is 40.7 Å². The smallest absolute Gasteiger partial charge is 0.253 e. The van der Waals surface area contributed by atoms with Crippen molar-refractivity contribution in [3.05, 3.63) is 41.4 Å². The lowest BCUT2D eigenvalue weighted by molar-refractivity contribution is -0.121. The van der Waals surface area contributed by atoms with Crippen LogP contribution >= 0.6 is 11.3 Å². The maximum absolute atomic E-state index is 13.0. The molecule has 3 heterocycles. The number of piperidine rings is 2. The topological polar surface area (TPSA) is 99.7 Å². The zero-order chi connectivity index (χ0) is 22.7. The third-order valence-corrected chi connectivity index (χ3v) is 8.82. The van der Waals surface area contributed by atoms with E-state index in [-0.39, 0.29) is 22.6 Å². The summed E-state index contributed by atoms with van der Waals surface area (Å²) in [6.45, 7) is 4.11. The third-order valence-electron chi connectivity index (χ3n) is 6.22. The fourth-order valence-electron chi connectivity index (χ4n) is 4.19. The van der Waals surface area contributed by atoms with E-state index in [1.807, 2.05) is 0 Å². The molecule has 0 unspecified atom stereocenters. The maximum atomic E-state index is 13.0. The number of nitrogens with one attached hydrogen (secondary N) is 1. The number of benzene rings is 1. The second-order valence-electron chi connectivity index (χ2n) is 8.53. The Morgan fingerprint density at radius 2 is 1.81 bits per heavy atom. The van der Waals surface area contributed by atoms with Gasteiger partial charge in [-0.2, -0.15) is 4.31 Å². The average Bonchev–Trinajstić information content (AvgIpc) is 3.32. The summed E-state index contributed by atoms with van der Waals surface area (Å²) in [4.78, 5) is 31.5. The van der Waals surface area contributed by atoms with Gasteiger partial charge in [-0.1, -0.05) is 6.92 Å². The molecule has 2 aliphatic rings. The number of hydrogen-bond acceptors (Lipinski definition) is 6. The van der Waals surface area contributed by atoms with Crippen molar-refractivity contribution < 1.29 is 18.0 Å². The molecule has 0 spiro atoms. The Morgan fingerprint density at radius 1 is 1.09 bits per heavy atom. The molecule has 4 rings (SSSR count). The van der Waals surface area contributed by atoms with E-state index in [1.54, 1.807) is 28.6 Å². The van der Waals surface area contributed by atoms with Crippen LogP contribution < -0.4 is 5.32 Å². The molecule has 0 bridgehead atoms. The SMILES string of the molecule is CC1CCN(S(=O)(=O)c2ccc(C(=O)N3CCC[C@H](C(=O)Nc4nccs4)C3)cc2)CC1. The zero-order valence-electron chi connectivity index (χ0n) is 18.1. The standard InChI is InChI=1S/C22H28N4O4S2/c1-16-8-12-26(13-9-16)32(29,30)19-6-4-17(5-7-19)21(28)25-11-2-3-18(15-25)20(27)24-22-23-10-14-31-22/h4-7,10,14,16,18H,2-3,8-9,11-13,15H2,1H3,(H,23,24,27)/t18-/m0/s1. The number of anilines is 1. The molecule has 2 fully saturated rings. The van der Waals surface area contributed by atoms with E-state index < -0.39 is 10.0 Å². The van der Waals surface area contributed by atoms with Crippen LogP contribution in [0.5, 0.6) is 0 Å². The highest BCUT2D eigenvalue weighted by molar-refractivity contribution is 7.89. The highest BCUT2D eigenvalue weighted by atomic mass is 32.2. The predicted molar refractivity (Wildman–Crippen MR) is 123 cm³/mol. The van der Waals surface area contributed by atoms with Gasteiger partial charge in [0, 0.05) is 43.3 Å². The number of rotatable bonds is 5. The van der Waals surface area contributed by atoms with E-state index >= 15 is 0 Å². The molecule has 2 amide bonds. The number of carbonyl (C=O) groups excluding carboxylic acids is 2. The first-order valence-electron chi connectivity index (χ1n) is 10.9. The lowest BCUT2D eigenvalue weighted by Gasteiger charge is -2.32. The van der Waals surface area contributed by atoms with Crippen molar-refractivity contribution in [2.24, 2.45) is 11.8 Å². The lowest BCUT2D eigenvalue weighted by atomic mass is 9.96. The molecule has 2 aliphatic heterocycles. The van der Waals surface area contributed by atoms with Crippen molar-refractivity contribution >= 4 is 38.3 Å². The number of carbonyl (C=O) groups is 2. The van der Waals surface area contributed by atoms with Crippen LogP contribution in [0.2, 0.25) is 0 Å². The summed E-state index contributed by atoms with van der Waals surface area (Å²) >= 11 is 1.36. The van der Waals surface area contributed by atoms with Gasteiger partial charge in [0.25, 0.3) is 5.91 Å². The summed E-state index contributed by atoms with van der Waals surface area (Å²) < 4.78 is 27.3. The number of sulfonamides is 1. The Morgan fingerprint density at radius 3 is 2.47 bits per heavy atom. The van der Waals surface area contributed by atoms with E-state index in [1.165, 1.54) is 27.8 Å². The number of aromatic nitrogens is 1. The van der Waals surface area contributed by atoms with Crippen molar-refractivity contribution in [3.8, 4) is 0 Å². The van der Waals surface area contributed by atoms with Crippen molar-refractivity contribution in [3.63, 3.8) is 0 Å². The first kappa shape index (κ1) is 22.9. The Labute approximate surface area is 192 Å². The molecule has 2 saturated heterocycles.